The maximum Gasteiger partial charge on any atom is 0.214 e. The quantitative estimate of drug-likeness (QED) is 0.771. The van der Waals surface area contributed by atoms with E-state index in [2.05, 4.69) is 29.2 Å². The first-order valence-corrected chi connectivity index (χ1v) is 7.57. The Kier molecular flexibility index (Phi) is 3.93. The first kappa shape index (κ1) is 13.4. The smallest absolute Gasteiger partial charge is 0.214 e. The van der Waals surface area contributed by atoms with Crippen LogP contribution >= 0.6 is 11.6 Å². The van der Waals surface area contributed by atoms with Crippen LogP contribution in [0.1, 0.15) is 41.3 Å². The summed E-state index contributed by atoms with van der Waals surface area (Å²) in [6.45, 7) is 1.97. The van der Waals surface area contributed by atoms with Crippen molar-refractivity contribution in [2.24, 2.45) is 0 Å². The molecule has 3 rings (SSSR count). The van der Waals surface area contributed by atoms with Gasteiger partial charge in [0.2, 0.25) is 5.88 Å². The van der Waals surface area contributed by atoms with Crippen molar-refractivity contribution < 1.29 is 4.74 Å². The summed E-state index contributed by atoms with van der Waals surface area (Å²) in [6.07, 6.45) is 3.46. The standard InChI is InChI=1S/C17H18ClNO/c1-12-9-13(11-18)10-17(19-12)20-16-8-4-6-14-5-2-3-7-15(14)16/h2-3,5,7,9-10,16H,4,6,8,11H2,1H3. The molecule has 1 atom stereocenters. The van der Waals surface area contributed by atoms with E-state index in [0.29, 0.717) is 11.8 Å². The molecule has 3 heteroatoms. The number of fused-ring (bicyclic) bond motifs is 1. The van der Waals surface area contributed by atoms with Gasteiger partial charge in [0.1, 0.15) is 6.10 Å². The van der Waals surface area contributed by atoms with Gasteiger partial charge in [-0.3, -0.25) is 0 Å². The number of rotatable bonds is 3. The van der Waals surface area contributed by atoms with Gasteiger partial charge >= 0.3 is 0 Å². The molecule has 0 N–H and O–H groups in total. The zero-order valence-corrected chi connectivity index (χ0v) is 12.4. The highest BCUT2D eigenvalue weighted by Crippen LogP contribution is 2.33. The summed E-state index contributed by atoms with van der Waals surface area (Å²) in [5.41, 5.74) is 4.70. The van der Waals surface area contributed by atoms with Crippen molar-refractivity contribution in [3.05, 3.63) is 58.8 Å². The topological polar surface area (TPSA) is 22.1 Å². The Morgan fingerprint density at radius 2 is 2.15 bits per heavy atom. The predicted octanol–water partition coefficient (Wildman–Crippen LogP) is 4.59. The number of halogens is 1. The van der Waals surface area contributed by atoms with E-state index in [0.717, 1.165) is 30.5 Å². The number of hydrogen-bond acceptors (Lipinski definition) is 2. The van der Waals surface area contributed by atoms with Crippen LogP contribution < -0.4 is 4.74 Å². The Morgan fingerprint density at radius 3 is 3.00 bits per heavy atom. The molecule has 0 bridgehead atoms. The van der Waals surface area contributed by atoms with Crippen molar-refractivity contribution >= 4 is 11.6 Å². The zero-order chi connectivity index (χ0) is 13.9. The summed E-state index contributed by atoms with van der Waals surface area (Å²) < 4.78 is 6.14. The minimum Gasteiger partial charge on any atom is -0.469 e. The van der Waals surface area contributed by atoms with Gasteiger partial charge in [-0.2, -0.15) is 0 Å². The molecule has 0 aliphatic heterocycles. The molecule has 2 nitrogen and oxygen atoms in total. The second kappa shape index (κ2) is 5.84. The van der Waals surface area contributed by atoms with Crippen molar-refractivity contribution in [3.63, 3.8) is 0 Å². The van der Waals surface area contributed by atoms with Crippen LogP contribution in [-0.4, -0.2) is 4.98 Å². The zero-order valence-electron chi connectivity index (χ0n) is 11.6. The molecule has 0 fully saturated rings. The van der Waals surface area contributed by atoms with Gasteiger partial charge in [0.05, 0.1) is 0 Å². The molecule has 1 aromatic carbocycles. The van der Waals surface area contributed by atoms with Crippen LogP contribution in [-0.2, 0) is 12.3 Å². The van der Waals surface area contributed by atoms with Gasteiger partial charge < -0.3 is 4.74 Å². The van der Waals surface area contributed by atoms with E-state index in [-0.39, 0.29) is 6.10 Å². The van der Waals surface area contributed by atoms with Crippen LogP contribution in [0.5, 0.6) is 5.88 Å². The molecule has 0 saturated heterocycles. The monoisotopic (exact) mass is 287 g/mol. The molecule has 0 saturated carbocycles. The Hall–Kier alpha value is -1.54. The van der Waals surface area contributed by atoms with Crippen LogP contribution in [0.25, 0.3) is 0 Å². The molecular weight excluding hydrogens is 270 g/mol. The Morgan fingerprint density at radius 1 is 1.30 bits per heavy atom. The van der Waals surface area contributed by atoms with Crippen LogP contribution in [0.3, 0.4) is 0 Å². The van der Waals surface area contributed by atoms with E-state index in [1.165, 1.54) is 11.1 Å². The summed E-state index contributed by atoms with van der Waals surface area (Å²) in [5.74, 6) is 1.17. The highest BCUT2D eigenvalue weighted by Gasteiger charge is 2.21. The average molecular weight is 288 g/mol. The molecule has 20 heavy (non-hydrogen) atoms. The van der Waals surface area contributed by atoms with Crippen LogP contribution in [0.4, 0.5) is 0 Å². The van der Waals surface area contributed by atoms with E-state index >= 15 is 0 Å². The molecule has 1 unspecified atom stereocenters. The Labute approximate surface area is 124 Å². The highest BCUT2D eigenvalue weighted by atomic mass is 35.5. The van der Waals surface area contributed by atoms with Crippen molar-refractivity contribution in [1.82, 2.24) is 4.98 Å². The van der Waals surface area contributed by atoms with Crippen molar-refractivity contribution in [1.29, 1.82) is 0 Å². The van der Waals surface area contributed by atoms with Crippen LogP contribution in [0.2, 0.25) is 0 Å². The molecule has 2 aromatic rings. The first-order valence-electron chi connectivity index (χ1n) is 7.04. The maximum atomic E-state index is 6.14. The normalized spacial score (nSPS) is 17.6. The molecule has 0 spiro atoms. The minimum atomic E-state index is 0.109. The first-order chi connectivity index (χ1) is 9.76. The van der Waals surface area contributed by atoms with E-state index in [9.17, 15) is 0 Å². The fourth-order valence-electron chi connectivity index (χ4n) is 2.82. The molecule has 1 aliphatic rings. The van der Waals surface area contributed by atoms with Gasteiger partial charge in [0.25, 0.3) is 0 Å². The number of benzene rings is 1. The summed E-state index contributed by atoms with van der Waals surface area (Å²) in [6, 6.07) is 12.5. The van der Waals surface area contributed by atoms with Gasteiger partial charge in [-0.1, -0.05) is 24.3 Å². The van der Waals surface area contributed by atoms with Gasteiger partial charge in [0.15, 0.2) is 0 Å². The van der Waals surface area contributed by atoms with E-state index in [4.69, 9.17) is 16.3 Å². The number of alkyl halides is 1. The second-order valence-corrected chi connectivity index (χ2v) is 5.55. The summed E-state index contributed by atoms with van der Waals surface area (Å²) >= 11 is 5.91. The van der Waals surface area contributed by atoms with E-state index in [1.54, 1.807) is 0 Å². The number of aromatic nitrogens is 1. The van der Waals surface area contributed by atoms with Crippen molar-refractivity contribution in [2.45, 2.75) is 38.2 Å². The molecule has 1 aromatic heterocycles. The fraction of sp³-hybridized carbons (Fsp3) is 0.353. The molecule has 0 amide bonds. The molecule has 1 heterocycles. The molecule has 0 radical (unpaired) electrons. The third kappa shape index (κ3) is 2.80. The third-order valence-corrected chi connectivity index (χ3v) is 4.03. The highest BCUT2D eigenvalue weighted by molar-refractivity contribution is 6.17. The fourth-order valence-corrected chi connectivity index (χ4v) is 2.98. The van der Waals surface area contributed by atoms with E-state index < -0.39 is 0 Å². The van der Waals surface area contributed by atoms with Crippen LogP contribution in [0.15, 0.2) is 36.4 Å². The SMILES string of the molecule is Cc1cc(CCl)cc(OC2CCCc3ccccc32)n1. The largest absolute Gasteiger partial charge is 0.469 e. The molecule has 104 valence electrons. The number of aryl methyl sites for hydroxylation is 2. The van der Waals surface area contributed by atoms with Crippen LogP contribution in [0, 0.1) is 6.92 Å². The maximum absolute atomic E-state index is 6.14. The lowest BCUT2D eigenvalue weighted by Crippen LogP contribution is -2.15. The molecular formula is C17H18ClNO. The van der Waals surface area contributed by atoms with Gasteiger partial charge in [-0.25, -0.2) is 4.98 Å². The minimum absolute atomic E-state index is 0.109. The molecule has 1 aliphatic carbocycles. The summed E-state index contributed by atoms with van der Waals surface area (Å²) in [7, 11) is 0. The second-order valence-electron chi connectivity index (χ2n) is 5.29. The predicted molar refractivity (Wildman–Crippen MR) is 81.3 cm³/mol. The number of hydrogen-bond donors (Lipinski definition) is 0. The Balaban J connectivity index is 1.87. The lowest BCUT2D eigenvalue weighted by atomic mass is 9.89. The lowest BCUT2D eigenvalue weighted by Gasteiger charge is -2.26. The van der Waals surface area contributed by atoms with E-state index in [1.807, 2.05) is 19.1 Å². The number of pyridine rings is 1. The third-order valence-electron chi connectivity index (χ3n) is 3.72. The summed E-state index contributed by atoms with van der Waals surface area (Å²) in [5, 5.41) is 0. The van der Waals surface area contributed by atoms with Gasteiger partial charge in [-0.15, -0.1) is 11.6 Å². The Bertz CT molecular complexity index is 612. The number of ether oxygens (including phenoxy) is 1. The van der Waals surface area contributed by atoms with Crippen molar-refractivity contribution in [3.8, 4) is 5.88 Å². The number of nitrogens with zero attached hydrogens (tertiary/aromatic N) is 1. The lowest BCUT2D eigenvalue weighted by molar-refractivity contribution is 0.175. The van der Waals surface area contributed by atoms with Crippen molar-refractivity contribution in [2.75, 3.05) is 0 Å². The van der Waals surface area contributed by atoms with Gasteiger partial charge in [0, 0.05) is 17.6 Å². The average Bonchev–Trinajstić information content (AvgIpc) is 2.47. The summed E-state index contributed by atoms with van der Waals surface area (Å²) in [4.78, 5) is 4.47. The van der Waals surface area contributed by atoms with Gasteiger partial charge in [-0.05, 0) is 48.9 Å².